The number of aryl methyl sites for hydroxylation is 1. The molecular formula is C18H22N2O5S. The number of rotatable bonds is 6. The van der Waals surface area contributed by atoms with Gasteiger partial charge in [-0.05, 0) is 31.5 Å². The average Bonchev–Trinajstić information content (AvgIpc) is 2.93. The summed E-state index contributed by atoms with van der Waals surface area (Å²) in [6, 6.07) is 3.12. The first kappa shape index (κ1) is 19.6. The Hall–Kier alpha value is -2.74. The van der Waals surface area contributed by atoms with Crippen LogP contribution in [0.5, 0.6) is 17.2 Å². The van der Waals surface area contributed by atoms with Crippen molar-refractivity contribution < 1.29 is 23.8 Å². The van der Waals surface area contributed by atoms with Gasteiger partial charge in [0.2, 0.25) is 5.75 Å². The van der Waals surface area contributed by atoms with Crippen LogP contribution in [-0.2, 0) is 0 Å². The molecule has 140 valence electrons. The normalized spacial score (nSPS) is 10.2. The van der Waals surface area contributed by atoms with Gasteiger partial charge in [-0.2, -0.15) is 0 Å². The summed E-state index contributed by atoms with van der Waals surface area (Å²) in [7, 11) is 6.01. The Labute approximate surface area is 156 Å². The van der Waals surface area contributed by atoms with Gasteiger partial charge in [0.25, 0.3) is 11.8 Å². The van der Waals surface area contributed by atoms with Gasteiger partial charge in [0.1, 0.15) is 5.00 Å². The van der Waals surface area contributed by atoms with Crippen LogP contribution < -0.4 is 24.8 Å². The highest BCUT2D eigenvalue weighted by atomic mass is 32.1. The lowest BCUT2D eigenvalue weighted by Crippen LogP contribution is -2.21. The summed E-state index contributed by atoms with van der Waals surface area (Å²) >= 11 is 1.36. The second kappa shape index (κ2) is 8.09. The topological polar surface area (TPSA) is 85.9 Å². The Morgan fingerprint density at radius 2 is 1.54 bits per heavy atom. The lowest BCUT2D eigenvalue weighted by molar-refractivity contribution is 0.0963. The highest BCUT2D eigenvalue weighted by Gasteiger charge is 2.22. The van der Waals surface area contributed by atoms with E-state index in [1.807, 2.05) is 13.8 Å². The van der Waals surface area contributed by atoms with E-state index in [-0.39, 0.29) is 11.8 Å². The monoisotopic (exact) mass is 378 g/mol. The largest absolute Gasteiger partial charge is 0.493 e. The van der Waals surface area contributed by atoms with Crippen LogP contribution in [-0.4, -0.2) is 40.2 Å². The summed E-state index contributed by atoms with van der Waals surface area (Å²) in [5.74, 6) is 0.534. The van der Waals surface area contributed by atoms with E-state index in [0.717, 1.165) is 10.4 Å². The predicted octanol–water partition coefficient (Wildman–Crippen LogP) is 3.00. The summed E-state index contributed by atoms with van der Waals surface area (Å²) in [5, 5.41) is 5.91. The lowest BCUT2D eigenvalue weighted by atomic mass is 10.1. The van der Waals surface area contributed by atoms with Gasteiger partial charge in [-0.25, -0.2) is 0 Å². The van der Waals surface area contributed by atoms with Crippen molar-refractivity contribution in [3.63, 3.8) is 0 Å². The van der Waals surface area contributed by atoms with Crippen molar-refractivity contribution in [3.05, 3.63) is 33.7 Å². The van der Waals surface area contributed by atoms with E-state index < -0.39 is 0 Å². The third-order valence-corrected chi connectivity index (χ3v) is 5.12. The number of amides is 2. The Kier molecular flexibility index (Phi) is 6.10. The van der Waals surface area contributed by atoms with E-state index >= 15 is 0 Å². The fourth-order valence-electron chi connectivity index (χ4n) is 2.50. The number of methoxy groups -OCH3 is 3. The minimum atomic E-state index is -0.379. The molecule has 0 saturated heterocycles. The summed E-state index contributed by atoms with van der Waals surface area (Å²) in [4.78, 5) is 25.9. The van der Waals surface area contributed by atoms with Crippen molar-refractivity contribution in [3.8, 4) is 17.2 Å². The van der Waals surface area contributed by atoms with Crippen LogP contribution in [0.2, 0.25) is 0 Å². The molecule has 2 N–H and O–H groups in total. The molecule has 0 spiro atoms. The molecule has 2 rings (SSSR count). The first-order valence-electron chi connectivity index (χ1n) is 7.81. The minimum absolute atomic E-state index is 0.243. The molecule has 0 aliphatic carbocycles. The van der Waals surface area contributed by atoms with Crippen LogP contribution in [0, 0.1) is 13.8 Å². The molecule has 1 aromatic carbocycles. The maximum absolute atomic E-state index is 12.7. The lowest BCUT2D eigenvalue weighted by Gasteiger charge is -2.14. The van der Waals surface area contributed by atoms with Gasteiger partial charge in [-0.1, -0.05) is 0 Å². The van der Waals surface area contributed by atoms with E-state index in [9.17, 15) is 9.59 Å². The SMILES string of the molecule is CNC(=O)c1c(NC(=O)c2cc(OC)c(OC)c(OC)c2)sc(C)c1C. The summed E-state index contributed by atoms with van der Waals surface area (Å²) in [6.07, 6.45) is 0. The van der Waals surface area contributed by atoms with Gasteiger partial charge in [0.15, 0.2) is 11.5 Å². The average molecular weight is 378 g/mol. The van der Waals surface area contributed by atoms with E-state index in [1.54, 1.807) is 19.2 Å². The zero-order valence-corrected chi connectivity index (χ0v) is 16.4. The molecule has 7 nitrogen and oxygen atoms in total. The van der Waals surface area contributed by atoms with E-state index in [1.165, 1.54) is 32.7 Å². The molecule has 2 amide bonds. The number of hydrogen-bond acceptors (Lipinski definition) is 6. The van der Waals surface area contributed by atoms with Crippen molar-refractivity contribution in [2.75, 3.05) is 33.7 Å². The van der Waals surface area contributed by atoms with Crippen molar-refractivity contribution in [1.29, 1.82) is 0 Å². The second-order valence-corrected chi connectivity index (χ2v) is 6.66. The van der Waals surface area contributed by atoms with Gasteiger partial charge in [-0.3, -0.25) is 9.59 Å². The third kappa shape index (κ3) is 3.60. The second-order valence-electron chi connectivity index (χ2n) is 5.43. The molecule has 0 fully saturated rings. The highest BCUT2D eigenvalue weighted by Crippen LogP contribution is 2.39. The van der Waals surface area contributed by atoms with E-state index in [2.05, 4.69) is 10.6 Å². The van der Waals surface area contributed by atoms with Gasteiger partial charge >= 0.3 is 0 Å². The number of carbonyl (C=O) groups is 2. The smallest absolute Gasteiger partial charge is 0.256 e. The van der Waals surface area contributed by atoms with Crippen LogP contribution in [0.4, 0.5) is 5.00 Å². The van der Waals surface area contributed by atoms with Crippen LogP contribution in [0.15, 0.2) is 12.1 Å². The predicted molar refractivity (Wildman–Crippen MR) is 101 cm³/mol. The molecule has 0 aliphatic rings. The fraction of sp³-hybridized carbons (Fsp3) is 0.333. The third-order valence-electron chi connectivity index (χ3n) is 3.99. The van der Waals surface area contributed by atoms with Crippen molar-refractivity contribution in [1.82, 2.24) is 5.32 Å². The van der Waals surface area contributed by atoms with E-state index in [4.69, 9.17) is 14.2 Å². The minimum Gasteiger partial charge on any atom is -0.493 e. The van der Waals surface area contributed by atoms with Gasteiger partial charge in [0, 0.05) is 17.5 Å². The van der Waals surface area contributed by atoms with Crippen molar-refractivity contribution >= 4 is 28.2 Å². The number of thiophene rings is 1. The van der Waals surface area contributed by atoms with Gasteiger partial charge in [0.05, 0.1) is 26.9 Å². The highest BCUT2D eigenvalue weighted by molar-refractivity contribution is 7.16. The van der Waals surface area contributed by atoms with Gasteiger partial charge in [-0.15, -0.1) is 11.3 Å². The molecule has 1 heterocycles. The maximum Gasteiger partial charge on any atom is 0.256 e. The molecule has 0 bridgehead atoms. The summed E-state index contributed by atoms with van der Waals surface area (Å²) in [6.45, 7) is 3.76. The van der Waals surface area contributed by atoms with Crippen molar-refractivity contribution in [2.45, 2.75) is 13.8 Å². The first-order chi connectivity index (χ1) is 12.4. The molecular weight excluding hydrogens is 356 g/mol. The number of hydrogen-bond donors (Lipinski definition) is 2. The van der Waals surface area contributed by atoms with E-state index in [0.29, 0.717) is 33.4 Å². The molecule has 0 unspecified atom stereocenters. The maximum atomic E-state index is 12.7. The Morgan fingerprint density at radius 1 is 0.962 bits per heavy atom. The quantitative estimate of drug-likeness (QED) is 0.807. The fourth-order valence-corrected chi connectivity index (χ4v) is 3.55. The molecule has 0 aliphatic heterocycles. The Morgan fingerprint density at radius 3 is 2.00 bits per heavy atom. The standard InChI is InChI=1S/C18H22N2O5S/c1-9-10(2)26-18(14(9)17(22)19-3)20-16(21)11-7-12(23-4)15(25-6)13(8-11)24-5/h7-8H,1-6H3,(H,19,22)(H,20,21). The number of benzene rings is 1. The molecule has 26 heavy (non-hydrogen) atoms. The number of anilines is 1. The number of ether oxygens (including phenoxy) is 3. The number of nitrogens with one attached hydrogen (secondary N) is 2. The number of carbonyl (C=O) groups excluding carboxylic acids is 2. The molecule has 0 atom stereocenters. The van der Waals surface area contributed by atoms with Crippen LogP contribution >= 0.6 is 11.3 Å². The van der Waals surface area contributed by atoms with Crippen LogP contribution in [0.25, 0.3) is 0 Å². The Balaban J connectivity index is 2.43. The zero-order valence-electron chi connectivity index (χ0n) is 15.6. The molecule has 0 saturated carbocycles. The van der Waals surface area contributed by atoms with Crippen molar-refractivity contribution in [2.24, 2.45) is 0 Å². The zero-order chi connectivity index (χ0) is 19.4. The molecule has 8 heteroatoms. The summed E-state index contributed by atoms with van der Waals surface area (Å²) < 4.78 is 15.8. The molecule has 0 radical (unpaired) electrons. The molecule has 1 aromatic heterocycles. The van der Waals surface area contributed by atoms with Gasteiger partial charge < -0.3 is 24.8 Å². The molecule has 2 aromatic rings. The van der Waals surface area contributed by atoms with Crippen LogP contribution in [0.1, 0.15) is 31.2 Å². The summed E-state index contributed by atoms with van der Waals surface area (Å²) in [5.41, 5.74) is 1.64. The van der Waals surface area contributed by atoms with Crippen LogP contribution in [0.3, 0.4) is 0 Å². The first-order valence-corrected chi connectivity index (χ1v) is 8.62. The Bertz CT molecular complexity index is 819.